The average molecular weight is 440 g/mol. The molecule has 0 saturated heterocycles. The molecule has 3 aromatic rings. The number of carbonyl (C=O) groups excluding carboxylic acids is 1. The molecule has 0 aliphatic rings. The molecule has 0 atom stereocenters. The third-order valence-electron chi connectivity index (χ3n) is 3.99. The van der Waals surface area contributed by atoms with Crippen molar-refractivity contribution in [2.45, 2.75) is 4.90 Å². The second-order valence-corrected chi connectivity index (χ2v) is 7.93. The first-order valence-electron chi connectivity index (χ1n) is 8.60. The number of aromatic nitrogens is 2. The smallest absolute Gasteiger partial charge is 0.322 e. The summed E-state index contributed by atoms with van der Waals surface area (Å²) in [7, 11) is -4.07. The zero-order chi connectivity index (χ0) is 22.4. The minimum atomic E-state index is -4.07. The number of anilines is 1. The minimum absolute atomic E-state index is 0.0758. The zero-order valence-electron chi connectivity index (χ0n) is 15.7. The Morgan fingerprint density at radius 3 is 2.23 bits per heavy atom. The quantitative estimate of drug-likeness (QED) is 0.549. The number of hydrogen-bond donors (Lipinski definition) is 1. The molecule has 3 rings (SSSR count). The highest BCUT2D eigenvalue weighted by molar-refractivity contribution is 7.89. The van der Waals surface area contributed by atoms with Gasteiger partial charge < -0.3 is 4.42 Å². The van der Waals surface area contributed by atoms with Crippen LogP contribution in [-0.4, -0.2) is 41.9 Å². The Bertz CT molecular complexity index is 1260. The van der Waals surface area contributed by atoms with Crippen LogP contribution in [-0.2, 0) is 10.0 Å². The van der Waals surface area contributed by atoms with E-state index in [-0.39, 0.29) is 22.4 Å². The van der Waals surface area contributed by atoms with Crippen LogP contribution in [0, 0.1) is 28.5 Å². The summed E-state index contributed by atoms with van der Waals surface area (Å²) in [6, 6.07) is 13.4. The highest BCUT2D eigenvalue weighted by Gasteiger charge is 2.24. The highest BCUT2D eigenvalue weighted by Crippen LogP contribution is 2.21. The lowest BCUT2D eigenvalue weighted by Crippen LogP contribution is -2.31. The Labute approximate surface area is 176 Å². The summed E-state index contributed by atoms with van der Waals surface area (Å²) < 4.78 is 44.1. The van der Waals surface area contributed by atoms with E-state index in [1.807, 2.05) is 0 Å². The number of halogens is 1. The van der Waals surface area contributed by atoms with E-state index < -0.39 is 34.8 Å². The van der Waals surface area contributed by atoms with Crippen molar-refractivity contribution < 1.29 is 22.0 Å². The van der Waals surface area contributed by atoms with Gasteiger partial charge in [-0.05, 0) is 48.5 Å². The van der Waals surface area contributed by atoms with Gasteiger partial charge in [0.05, 0.1) is 17.0 Å². The molecule has 0 aliphatic carbocycles. The molecule has 1 heterocycles. The van der Waals surface area contributed by atoms with Gasteiger partial charge in [-0.1, -0.05) is 5.10 Å². The Hall–Kier alpha value is -4.13. The fourth-order valence-corrected chi connectivity index (χ4v) is 3.70. The molecule has 1 aromatic heterocycles. The Balaban J connectivity index is 1.73. The van der Waals surface area contributed by atoms with Gasteiger partial charge in [-0.15, -0.1) is 5.10 Å². The third-order valence-corrected chi connectivity index (χ3v) is 5.79. The summed E-state index contributed by atoms with van der Waals surface area (Å²) in [5, 5.41) is 27.4. The fourth-order valence-electron chi connectivity index (χ4n) is 2.46. The number of benzene rings is 2. The second kappa shape index (κ2) is 9.13. The molecule has 0 saturated carbocycles. The van der Waals surface area contributed by atoms with Crippen LogP contribution in [0.25, 0.3) is 11.5 Å². The molecule has 0 bridgehead atoms. The van der Waals surface area contributed by atoms with Crippen molar-refractivity contribution in [1.82, 2.24) is 14.5 Å². The van der Waals surface area contributed by atoms with Crippen molar-refractivity contribution in [2.24, 2.45) is 0 Å². The summed E-state index contributed by atoms with van der Waals surface area (Å²) in [5.41, 5.74) is 0.566. The number of carbonyl (C=O) groups is 1. The van der Waals surface area contributed by atoms with Crippen LogP contribution in [0.1, 0.15) is 10.4 Å². The average Bonchev–Trinajstić information content (AvgIpc) is 3.22. The number of hydrogen-bond acceptors (Lipinski definition) is 8. The molecule has 31 heavy (non-hydrogen) atoms. The predicted molar refractivity (Wildman–Crippen MR) is 104 cm³/mol. The zero-order valence-corrected chi connectivity index (χ0v) is 16.5. The Morgan fingerprint density at radius 2 is 1.65 bits per heavy atom. The van der Waals surface area contributed by atoms with Crippen LogP contribution in [0.15, 0.2) is 57.8 Å². The first-order chi connectivity index (χ1) is 14.8. The van der Waals surface area contributed by atoms with E-state index in [4.69, 9.17) is 14.9 Å². The molecule has 0 fully saturated rings. The molecule has 0 aliphatic heterocycles. The second-order valence-electron chi connectivity index (χ2n) is 5.99. The van der Waals surface area contributed by atoms with Crippen molar-refractivity contribution in [3.05, 3.63) is 59.9 Å². The normalized spacial score (nSPS) is 11.0. The molecule has 1 amide bonds. The largest absolute Gasteiger partial charge is 0.403 e. The summed E-state index contributed by atoms with van der Waals surface area (Å²) >= 11 is 0. The van der Waals surface area contributed by atoms with E-state index >= 15 is 0 Å². The lowest BCUT2D eigenvalue weighted by atomic mass is 10.2. The Kier molecular flexibility index (Phi) is 6.35. The van der Waals surface area contributed by atoms with Crippen molar-refractivity contribution in [1.29, 1.82) is 10.5 Å². The van der Waals surface area contributed by atoms with Crippen molar-refractivity contribution >= 4 is 21.9 Å². The maximum Gasteiger partial charge on any atom is 0.322 e. The van der Waals surface area contributed by atoms with Crippen LogP contribution >= 0.6 is 0 Å². The molecule has 0 spiro atoms. The van der Waals surface area contributed by atoms with Gasteiger partial charge in [0.15, 0.2) is 0 Å². The summed E-state index contributed by atoms with van der Waals surface area (Å²) in [6.07, 6.45) is 0. The van der Waals surface area contributed by atoms with Crippen LogP contribution in [0.5, 0.6) is 0 Å². The number of rotatable bonds is 7. The van der Waals surface area contributed by atoms with Crippen LogP contribution in [0.4, 0.5) is 10.4 Å². The molecule has 1 N–H and O–H groups in total. The van der Waals surface area contributed by atoms with E-state index in [0.29, 0.717) is 5.56 Å². The van der Waals surface area contributed by atoms with E-state index in [1.165, 1.54) is 48.5 Å². The van der Waals surface area contributed by atoms with Gasteiger partial charge in [0, 0.05) is 11.1 Å². The minimum Gasteiger partial charge on any atom is -0.403 e. The number of amides is 1. The lowest BCUT2D eigenvalue weighted by molar-refractivity contribution is 0.102. The van der Waals surface area contributed by atoms with Crippen LogP contribution in [0.3, 0.4) is 0 Å². The van der Waals surface area contributed by atoms with E-state index in [0.717, 1.165) is 4.31 Å². The summed E-state index contributed by atoms with van der Waals surface area (Å²) in [4.78, 5) is 12.2. The number of sulfonamides is 1. The van der Waals surface area contributed by atoms with E-state index in [2.05, 4.69) is 15.5 Å². The van der Waals surface area contributed by atoms with E-state index in [9.17, 15) is 17.6 Å². The number of nitriles is 2. The standard InChI is InChI=1S/C19H13FN6O4S/c20-15-5-1-14(2-6-15)18-24-25-19(30-18)23-17(27)13-3-7-16(8-4-13)31(28,29)26(11-9-21)12-10-22/h1-8H,11-12H2,(H,23,25,27). The lowest BCUT2D eigenvalue weighted by Gasteiger charge is -2.15. The SMILES string of the molecule is N#CCN(CC#N)S(=O)(=O)c1ccc(C(=O)Nc2nnc(-c3ccc(F)cc3)o2)cc1. The van der Waals surface area contributed by atoms with Crippen molar-refractivity contribution in [2.75, 3.05) is 18.4 Å². The highest BCUT2D eigenvalue weighted by atomic mass is 32.2. The molecule has 0 radical (unpaired) electrons. The maximum atomic E-state index is 13.0. The van der Waals surface area contributed by atoms with Gasteiger partial charge >= 0.3 is 6.01 Å². The molecular weight excluding hydrogens is 427 g/mol. The summed E-state index contributed by atoms with van der Waals surface area (Å²) in [6.45, 7) is -0.961. The Morgan fingerprint density at radius 1 is 1.03 bits per heavy atom. The van der Waals surface area contributed by atoms with Gasteiger partial charge in [-0.25, -0.2) is 12.8 Å². The van der Waals surface area contributed by atoms with Gasteiger partial charge in [0.1, 0.15) is 18.9 Å². The van der Waals surface area contributed by atoms with Crippen LogP contribution in [0.2, 0.25) is 0 Å². The van der Waals surface area contributed by atoms with Gasteiger partial charge in [0.25, 0.3) is 5.91 Å². The molecule has 156 valence electrons. The third kappa shape index (κ3) is 4.90. The molecule has 0 unspecified atom stereocenters. The fraction of sp³-hybridized carbons (Fsp3) is 0.105. The van der Waals surface area contributed by atoms with Gasteiger partial charge in [0.2, 0.25) is 15.9 Å². The van der Waals surface area contributed by atoms with E-state index in [1.54, 1.807) is 12.1 Å². The molecule has 10 nitrogen and oxygen atoms in total. The number of nitrogens with zero attached hydrogens (tertiary/aromatic N) is 5. The van der Waals surface area contributed by atoms with Crippen LogP contribution < -0.4 is 5.32 Å². The molecule has 12 heteroatoms. The monoisotopic (exact) mass is 440 g/mol. The predicted octanol–water partition coefficient (Wildman–Crippen LogP) is 2.17. The first kappa shape index (κ1) is 21.6. The summed E-state index contributed by atoms with van der Waals surface area (Å²) in [5.74, 6) is -0.985. The maximum absolute atomic E-state index is 13.0. The van der Waals surface area contributed by atoms with Gasteiger partial charge in [-0.2, -0.15) is 14.8 Å². The number of nitrogens with one attached hydrogen (secondary N) is 1. The molecular formula is C19H13FN6O4S. The van der Waals surface area contributed by atoms with Gasteiger partial charge in [-0.3, -0.25) is 10.1 Å². The topological polar surface area (TPSA) is 153 Å². The van der Waals surface area contributed by atoms with Crippen molar-refractivity contribution in [3.63, 3.8) is 0 Å². The first-order valence-corrected chi connectivity index (χ1v) is 10.0. The van der Waals surface area contributed by atoms with Crippen molar-refractivity contribution in [3.8, 4) is 23.6 Å². The molecule has 2 aromatic carbocycles.